The topological polar surface area (TPSA) is 35.2 Å². The average molecular weight is 278 g/mol. The van der Waals surface area contributed by atoms with Crippen LogP contribution < -0.4 is 10.5 Å². The van der Waals surface area contributed by atoms with Crippen molar-refractivity contribution in [3.05, 3.63) is 52.3 Å². The zero-order chi connectivity index (χ0) is 13.4. The molecule has 4 heteroatoms. The van der Waals surface area contributed by atoms with Crippen LogP contribution in [0.5, 0.6) is 5.75 Å². The van der Waals surface area contributed by atoms with Crippen LogP contribution in [0.4, 0.5) is 4.39 Å². The molecule has 2 N–H and O–H groups in total. The van der Waals surface area contributed by atoms with Crippen molar-refractivity contribution in [3.63, 3.8) is 0 Å². The third kappa shape index (κ3) is 2.31. The van der Waals surface area contributed by atoms with E-state index in [0.717, 1.165) is 34.4 Å². The molecular formula is C15H13ClFNO. The standard InChI is InChI=1S/C15H13ClFNO/c16-13-5-11(6-14(17)7-13)10-3-9-1-2-19-15(9)12(4-10)8-18/h3-7H,1-2,8,18H2. The Morgan fingerprint density at radius 1 is 1.16 bits per heavy atom. The molecule has 2 aromatic carbocycles. The van der Waals surface area contributed by atoms with Gasteiger partial charge in [-0.1, -0.05) is 11.6 Å². The fraction of sp³-hybridized carbons (Fsp3) is 0.200. The van der Waals surface area contributed by atoms with Crippen LogP contribution in [-0.4, -0.2) is 6.61 Å². The first-order valence-electron chi connectivity index (χ1n) is 6.12. The first-order chi connectivity index (χ1) is 9.17. The van der Waals surface area contributed by atoms with Crippen LogP contribution in [0.2, 0.25) is 5.02 Å². The van der Waals surface area contributed by atoms with Gasteiger partial charge < -0.3 is 10.5 Å². The van der Waals surface area contributed by atoms with Crippen molar-refractivity contribution in [1.29, 1.82) is 0 Å². The van der Waals surface area contributed by atoms with E-state index in [-0.39, 0.29) is 5.82 Å². The number of hydrogen-bond donors (Lipinski definition) is 1. The molecule has 0 spiro atoms. The molecule has 19 heavy (non-hydrogen) atoms. The van der Waals surface area contributed by atoms with Gasteiger partial charge in [0.25, 0.3) is 0 Å². The van der Waals surface area contributed by atoms with Gasteiger partial charge in [-0.2, -0.15) is 0 Å². The molecule has 0 saturated heterocycles. The Bertz CT molecular complexity index is 622. The van der Waals surface area contributed by atoms with Crippen LogP contribution in [0.15, 0.2) is 30.3 Å². The zero-order valence-corrected chi connectivity index (χ0v) is 11.0. The molecule has 0 radical (unpaired) electrons. The largest absolute Gasteiger partial charge is 0.493 e. The minimum absolute atomic E-state index is 0.339. The summed E-state index contributed by atoms with van der Waals surface area (Å²) >= 11 is 5.90. The molecule has 1 heterocycles. The second kappa shape index (κ2) is 4.83. The lowest BCUT2D eigenvalue weighted by molar-refractivity contribution is 0.353. The fourth-order valence-electron chi connectivity index (χ4n) is 2.43. The van der Waals surface area contributed by atoms with Crippen molar-refractivity contribution in [2.75, 3.05) is 6.61 Å². The van der Waals surface area contributed by atoms with Crippen LogP contribution in [0, 0.1) is 5.82 Å². The summed E-state index contributed by atoms with van der Waals surface area (Å²) in [6.45, 7) is 1.08. The van der Waals surface area contributed by atoms with E-state index in [1.165, 1.54) is 12.1 Å². The van der Waals surface area contributed by atoms with Gasteiger partial charge in [-0.05, 0) is 47.0 Å². The highest BCUT2D eigenvalue weighted by Crippen LogP contribution is 2.35. The highest BCUT2D eigenvalue weighted by atomic mass is 35.5. The Balaban J connectivity index is 2.15. The number of fused-ring (bicyclic) bond motifs is 1. The van der Waals surface area contributed by atoms with E-state index >= 15 is 0 Å². The molecule has 0 aliphatic carbocycles. The lowest BCUT2D eigenvalue weighted by atomic mass is 9.98. The monoisotopic (exact) mass is 277 g/mol. The highest BCUT2D eigenvalue weighted by Gasteiger charge is 2.17. The molecule has 0 fully saturated rings. The SMILES string of the molecule is NCc1cc(-c2cc(F)cc(Cl)c2)cc2c1OCC2. The van der Waals surface area contributed by atoms with Crippen molar-refractivity contribution in [2.45, 2.75) is 13.0 Å². The van der Waals surface area contributed by atoms with Crippen molar-refractivity contribution in [3.8, 4) is 16.9 Å². The third-order valence-corrected chi connectivity index (χ3v) is 3.49. The molecule has 2 nitrogen and oxygen atoms in total. The second-order valence-corrected chi connectivity index (χ2v) is 5.02. The van der Waals surface area contributed by atoms with E-state index in [1.807, 2.05) is 12.1 Å². The van der Waals surface area contributed by atoms with E-state index in [4.69, 9.17) is 22.1 Å². The molecule has 3 rings (SSSR count). The third-order valence-electron chi connectivity index (χ3n) is 3.28. The van der Waals surface area contributed by atoms with Gasteiger partial charge in [0.1, 0.15) is 11.6 Å². The summed E-state index contributed by atoms with van der Waals surface area (Å²) in [5, 5.41) is 0.390. The number of benzene rings is 2. The first-order valence-corrected chi connectivity index (χ1v) is 6.50. The summed E-state index contributed by atoms with van der Waals surface area (Å²) in [6, 6.07) is 8.49. The van der Waals surface area contributed by atoms with Crippen molar-refractivity contribution >= 4 is 11.6 Å². The molecule has 0 atom stereocenters. The Labute approximate surface area is 115 Å². The summed E-state index contributed by atoms with van der Waals surface area (Å²) < 4.78 is 19.0. The van der Waals surface area contributed by atoms with Crippen molar-refractivity contribution in [1.82, 2.24) is 0 Å². The van der Waals surface area contributed by atoms with Gasteiger partial charge in [-0.15, -0.1) is 0 Å². The molecule has 1 aliphatic heterocycles. The van der Waals surface area contributed by atoms with Gasteiger partial charge in [-0.3, -0.25) is 0 Å². The van der Waals surface area contributed by atoms with Gasteiger partial charge in [0.05, 0.1) is 6.61 Å². The number of ether oxygens (including phenoxy) is 1. The number of nitrogens with two attached hydrogens (primary N) is 1. The Morgan fingerprint density at radius 2 is 1.95 bits per heavy atom. The fourth-order valence-corrected chi connectivity index (χ4v) is 2.65. The summed E-state index contributed by atoms with van der Waals surface area (Å²) in [5.41, 5.74) is 9.50. The number of rotatable bonds is 2. The number of halogens is 2. The Morgan fingerprint density at radius 3 is 2.68 bits per heavy atom. The van der Waals surface area contributed by atoms with Crippen LogP contribution in [0.3, 0.4) is 0 Å². The van der Waals surface area contributed by atoms with Gasteiger partial charge in [0, 0.05) is 23.6 Å². The molecule has 0 bridgehead atoms. The van der Waals surface area contributed by atoms with E-state index < -0.39 is 0 Å². The van der Waals surface area contributed by atoms with Crippen molar-refractivity contribution < 1.29 is 9.13 Å². The lowest BCUT2D eigenvalue weighted by Crippen LogP contribution is -2.00. The maximum atomic E-state index is 13.4. The second-order valence-electron chi connectivity index (χ2n) is 4.58. The molecular weight excluding hydrogens is 265 g/mol. The van der Waals surface area contributed by atoms with Gasteiger partial charge in [-0.25, -0.2) is 4.39 Å². The van der Waals surface area contributed by atoms with E-state index in [9.17, 15) is 4.39 Å². The molecule has 0 amide bonds. The maximum Gasteiger partial charge on any atom is 0.127 e. The molecule has 0 unspecified atom stereocenters. The summed E-state index contributed by atoms with van der Waals surface area (Å²) in [5.74, 6) is 0.544. The van der Waals surface area contributed by atoms with Gasteiger partial charge in [0.15, 0.2) is 0 Å². The maximum absolute atomic E-state index is 13.4. The smallest absolute Gasteiger partial charge is 0.127 e. The predicted molar refractivity (Wildman–Crippen MR) is 73.9 cm³/mol. The summed E-state index contributed by atoms with van der Waals surface area (Å²) in [4.78, 5) is 0. The summed E-state index contributed by atoms with van der Waals surface area (Å²) in [7, 11) is 0. The van der Waals surface area contributed by atoms with Crippen LogP contribution in [-0.2, 0) is 13.0 Å². The van der Waals surface area contributed by atoms with Crippen LogP contribution in [0.1, 0.15) is 11.1 Å². The summed E-state index contributed by atoms with van der Waals surface area (Å²) in [6.07, 6.45) is 0.860. The zero-order valence-electron chi connectivity index (χ0n) is 10.2. The minimum atomic E-state index is -0.339. The van der Waals surface area contributed by atoms with E-state index in [1.54, 1.807) is 6.07 Å². The van der Waals surface area contributed by atoms with E-state index in [0.29, 0.717) is 18.2 Å². The lowest BCUT2D eigenvalue weighted by Gasteiger charge is -2.10. The normalized spacial score (nSPS) is 13.2. The molecule has 2 aromatic rings. The first kappa shape index (κ1) is 12.5. The number of hydrogen-bond acceptors (Lipinski definition) is 2. The molecule has 98 valence electrons. The molecule has 1 aliphatic rings. The van der Waals surface area contributed by atoms with Crippen LogP contribution in [0.25, 0.3) is 11.1 Å². The predicted octanol–water partition coefficient (Wildman–Crippen LogP) is 3.54. The average Bonchev–Trinajstić information content (AvgIpc) is 2.84. The highest BCUT2D eigenvalue weighted by molar-refractivity contribution is 6.30. The quantitative estimate of drug-likeness (QED) is 0.911. The minimum Gasteiger partial charge on any atom is -0.493 e. The van der Waals surface area contributed by atoms with Crippen molar-refractivity contribution in [2.24, 2.45) is 5.73 Å². The van der Waals surface area contributed by atoms with Gasteiger partial charge >= 0.3 is 0 Å². The molecule has 0 saturated carbocycles. The van der Waals surface area contributed by atoms with Crippen LogP contribution >= 0.6 is 11.6 Å². The Kier molecular flexibility index (Phi) is 3.17. The Hall–Kier alpha value is -1.58. The van der Waals surface area contributed by atoms with E-state index in [2.05, 4.69) is 0 Å². The molecule has 0 aromatic heterocycles. The van der Waals surface area contributed by atoms with Gasteiger partial charge in [0.2, 0.25) is 0 Å².